The number of alkyl halides is 1. The predicted molar refractivity (Wildman–Crippen MR) is 156 cm³/mol. The Hall–Kier alpha value is -2.14. The zero-order valence-corrected chi connectivity index (χ0v) is 24.9. The monoisotopic (exact) mass is 633 g/mol. The number of benzene rings is 1. The minimum atomic E-state index is -0.465. The number of ether oxygens (including phenoxy) is 1. The van der Waals surface area contributed by atoms with Gasteiger partial charge in [-0.05, 0) is 70.8 Å². The number of hydrogen-bond donors (Lipinski definition) is 1. The summed E-state index contributed by atoms with van der Waals surface area (Å²) in [6.45, 7) is 8.66. The van der Waals surface area contributed by atoms with Gasteiger partial charge in [0, 0.05) is 44.3 Å². The third-order valence-electron chi connectivity index (χ3n) is 7.64. The van der Waals surface area contributed by atoms with Crippen molar-refractivity contribution in [3.8, 4) is 0 Å². The second-order valence-electron chi connectivity index (χ2n) is 12.0. The van der Waals surface area contributed by atoms with E-state index in [2.05, 4.69) is 58.4 Å². The first kappa shape index (κ1) is 27.4. The quantitative estimate of drug-likeness (QED) is 0.265. The van der Waals surface area contributed by atoms with Crippen LogP contribution in [0.1, 0.15) is 68.2 Å². The summed E-state index contributed by atoms with van der Waals surface area (Å²) in [4.78, 5) is 29.6. The van der Waals surface area contributed by atoms with Gasteiger partial charge in [-0.2, -0.15) is 5.10 Å². The number of fused-ring (bicyclic) bond motifs is 1. The molecule has 1 saturated carbocycles. The van der Waals surface area contributed by atoms with E-state index in [4.69, 9.17) is 9.84 Å². The van der Waals surface area contributed by atoms with Crippen molar-refractivity contribution in [1.82, 2.24) is 20.0 Å². The molecule has 1 aromatic heterocycles. The van der Waals surface area contributed by atoms with E-state index in [0.29, 0.717) is 12.5 Å². The zero-order valence-electron chi connectivity index (χ0n) is 22.7. The molecule has 1 N–H and O–H groups in total. The molecule has 0 bridgehead atoms. The Labute approximate surface area is 239 Å². The number of halogens is 1. The number of carbonyl (C=O) groups excluding carboxylic acids is 2. The summed E-state index contributed by atoms with van der Waals surface area (Å²) >= 11 is 2.43. The molecule has 5 rings (SSSR count). The average molecular weight is 634 g/mol. The van der Waals surface area contributed by atoms with Crippen LogP contribution in [0.3, 0.4) is 0 Å². The fourth-order valence-electron chi connectivity index (χ4n) is 5.41. The van der Waals surface area contributed by atoms with Crippen molar-refractivity contribution in [2.24, 2.45) is 11.8 Å². The molecule has 2 aromatic rings. The largest absolute Gasteiger partial charge is 0.444 e. The molecular formula is C29H40IN5O3. The van der Waals surface area contributed by atoms with Gasteiger partial charge in [0.25, 0.3) is 0 Å². The average Bonchev–Trinajstić information content (AvgIpc) is 3.66. The van der Waals surface area contributed by atoms with Crippen LogP contribution in [0.15, 0.2) is 36.5 Å². The molecule has 1 unspecified atom stereocenters. The molecule has 2 amide bonds. The van der Waals surface area contributed by atoms with Crippen molar-refractivity contribution in [2.75, 3.05) is 24.5 Å². The molecular weight excluding hydrogens is 593 g/mol. The molecule has 3 aliphatic rings. The highest BCUT2D eigenvalue weighted by molar-refractivity contribution is 14.1. The van der Waals surface area contributed by atoms with E-state index in [9.17, 15) is 9.59 Å². The van der Waals surface area contributed by atoms with Crippen molar-refractivity contribution in [1.29, 1.82) is 0 Å². The summed E-state index contributed by atoms with van der Waals surface area (Å²) in [6.07, 6.45) is 7.70. The van der Waals surface area contributed by atoms with E-state index >= 15 is 0 Å². The van der Waals surface area contributed by atoms with Gasteiger partial charge < -0.3 is 14.5 Å². The summed E-state index contributed by atoms with van der Waals surface area (Å²) in [7, 11) is 0. The van der Waals surface area contributed by atoms with Crippen LogP contribution in [0.4, 0.5) is 10.5 Å². The molecule has 8 nitrogen and oxygen atoms in total. The molecule has 3 heterocycles. The van der Waals surface area contributed by atoms with Crippen LogP contribution in [0.5, 0.6) is 0 Å². The van der Waals surface area contributed by atoms with Crippen molar-refractivity contribution in [3.63, 3.8) is 0 Å². The summed E-state index contributed by atoms with van der Waals surface area (Å²) in [6, 6.07) is 10.7. The first-order chi connectivity index (χ1) is 18.2. The van der Waals surface area contributed by atoms with Crippen molar-refractivity contribution >= 4 is 40.3 Å². The molecule has 9 heteroatoms. The normalized spacial score (nSPS) is 22.6. The lowest BCUT2D eigenvalue weighted by Gasteiger charge is -2.33. The van der Waals surface area contributed by atoms with E-state index < -0.39 is 5.60 Å². The Bertz CT molecular complexity index is 1120. The number of rotatable bonds is 6. The Balaban J connectivity index is 1.22. The third kappa shape index (κ3) is 6.89. The fraction of sp³-hybridized carbons (Fsp3) is 0.621. The van der Waals surface area contributed by atoms with E-state index in [-0.39, 0.29) is 28.0 Å². The van der Waals surface area contributed by atoms with E-state index in [1.165, 1.54) is 5.56 Å². The SMILES string of the molecule is CC(C)(C)OC(=O)N1CCC(CCn2cc3c(n2)[C@@H](I)NC(Cc2ccccc2)CN3C(=O)C2CC2)CC1. The number of carbonyl (C=O) groups is 2. The van der Waals surface area contributed by atoms with Crippen LogP contribution >= 0.6 is 22.6 Å². The standard InChI is InChI=1S/C29H40IN5O3/c1-29(2,3)38-28(37)33-14-11-20(12-15-33)13-16-34-19-24-25(32-34)26(30)31-23(17-21-7-5-4-6-8-21)18-35(24)27(36)22-9-10-22/h4-8,19-20,22-23,26,31H,9-18H2,1-3H3/t23?,26-/m0/s1. The van der Waals surface area contributed by atoms with Crippen LogP contribution in [-0.4, -0.2) is 58.0 Å². The van der Waals surface area contributed by atoms with Gasteiger partial charge in [0.2, 0.25) is 5.91 Å². The van der Waals surface area contributed by atoms with Crippen LogP contribution in [0.25, 0.3) is 0 Å². The van der Waals surface area contributed by atoms with E-state index in [1.807, 2.05) is 41.3 Å². The van der Waals surface area contributed by atoms with Gasteiger partial charge in [-0.25, -0.2) is 4.79 Å². The van der Waals surface area contributed by atoms with E-state index in [1.54, 1.807) is 0 Å². The first-order valence-electron chi connectivity index (χ1n) is 14.0. The fourth-order valence-corrected chi connectivity index (χ4v) is 6.37. The molecule has 1 aromatic carbocycles. The Morgan fingerprint density at radius 2 is 1.82 bits per heavy atom. The highest BCUT2D eigenvalue weighted by Gasteiger charge is 2.39. The molecule has 38 heavy (non-hydrogen) atoms. The van der Waals surface area contributed by atoms with Gasteiger partial charge in [-0.15, -0.1) is 0 Å². The van der Waals surface area contributed by atoms with Crippen LogP contribution in [-0.2, 0) is 22.5 Å². The van der Waals surface area contributed by atoms with Gasteiger partial charge >= 0.3 is 6.09 Å². The molecule has 0 radical (unpaired) electrons. The number of likely N-dealkylation sites (tertiary alicyclic amines) is 1. The highest BCUT2D eigenvalue weighted by Crippen LogP contribution is 2.38. The molecule has 2 fully saturated rings. The van der Waals surface area contributed by atoms with Crippen LogP contribution < -0.4 is 10.2 Å². The molecule has 2 aliphatic heterocycles. The maximum Gasteiger partial charge on any atom is 0.410 e. The number of aromatic nitrogens is 2. The third-order valence-corrected chi connectivity index (χ3v) is 8.59. The molecule has 1 aliphatic carbocycles. The van der Waals surface area contributed by atoms with Crippen LogP contribution in [0, 0.1) is 11.8 Å². The predicted octanol–water partition coefficient (Wildman–Crippen LogP) is 5.31. The second kappa shape index (κ2) is 11.5. The Morgan fingerprint density at radius 3 is 2.47 bits per heavy atom. The summed E-state index contributed by atoms with van der Waals surface area (Å²) < 4.78 is 7.60. The summed E-state index contributed by atoms with van der Waals surface area (Å²) in [5, 5.41) is 8.73. The Morgan fingerprint density at radius 1 is 1.11 bits per heavy atom. The number of nitrogens with zero attached hydrogens (tertiary/aromatic N) is 4. The lowest BCUT2D eigenvalue weighted by molar-refractivity contribution is -0.119. The van der Waals surface area contributed by atoms with Gasteiger partial charge in [-0.1, -0.05) is 52.9 Å². The lowest BCUT2D eigenvalue weighted by atomic mass is 9.94. The van der Waals surface area contributed by atoms with Gasteiger partial charge in [0.05, 0.1) is 5.69 Å². The molecule has 0 spiro atoms. The van der Waals surface area contributed by atoms with Crippen molar-refractivity contribution < 1.29 is 14.3 Å². The number of aryl methyl sites for hydroxylation is 1. The zero-order chi connectivity index (χ0) is 26.9. The van der Waals surface area contributed by atoms with E-state index in [0.717, 1.165) is 69.5 Å². The van der Waals surface area contributed by atoms with Gasteiger partial charge in [0.15, 0.2) is 0 Å². The number of nitrogens with one attached hydrogen (secondary N) is 1. The molecule has 1 saturated heterocycles. The minimum Gasteiger partial charge on any atom is -0.444 e. The number of amides is 2. The smallest absolute Gasteiger partial charge is 0.410 e. The maximum atomic E-state index is 13.4. The first-order valence-corrected chi connectivity index (χ1v) is 15.2. The Kier molecular flexibility index (Phi) is 8.33. The second-order valence-corrected chi connectivity index (χ2v) is 13.2. The number of anilines is 1. The van der Waals surface area contributed by atoms with Crippen molar-refractivity contribution in [3.05, 3.63) is 47.8 Å². The van der Waals surface area contributed by atoms with Crippen LogP contribution in [0.2, 0.25) is 0 Å². The maximum absolute atomic E-state index is 13.4. The molecule has 206 valence electrons. The van der Waals surface area contributed by atoms with Gasteiger partial charge in [-0.3, -0.25) is 14.8 Å². The summed E-state index contributed by atoms with van der Waals surface area (Å²) in [5.41, 5.74) is 2.72. The van der Waals surface area contributed by atoms with Gasteiger partial charge in [0.1, 0.15) is 15.3 Å². The topological polar surface area (TPSA) is 79.7 Å². The summed E-state index contributed by atoms with van der Waals surface area (Å²) in [5.74, 6) is 0.945. The lowest BCUT2D eigenvalue weighted by Crippen LogP contribution is -2.43. The number of hydrogen-bond acceptors (Lipinski definition) is 5. The molecule has 2 atom stereocenters. The number of piperidine rings is 1. The minimum absolute atomic E-state index is 0.0339. The highest BCUT2D eigenvalue weighted by atomic mass is 127. The van der Waals surface area contributed by atoms with Crippen molar-refractivity contribution in [2.45, 2.75) is 81.5 Å².